The van der Waals surface area contributed by atoms with Gasteiger partial charge < -0.3 is 5.73 Å². The van der Waals surface area contributed by atoms with Crippen LogP contribution in [0.5, 0.6) is 0 Å². The summed E-state index contributed by atoms with van der Waals surface area (Å²) in [5.74, 6) is 0. The summed E-state index contributed by atoms with van der Waals surface area (Å²) in [5, 5.41) is 0. The molecule has 1 aromatic rings. The second kappa shape index (κ2) is 5.88. The topological polar surface area (TPSA) is 76.3 Å². The standard InChI is InChI=1S/C13H21N3O2S/c1-16(11-6-4-2-3-5-7-11)19(17,18)13-10-15-9-8-12(13)14/h8-11H,2-7H2,1H3,(H2,14,15). The van der Waals surface area contributed by atoms with E-state index in [4.69, 9.17) is 5.73 Å². The smallest absolute Gasteiger partial charge is 0.246 e. The van der Waals surface area contributed by atoms with Crippen LogP contribution >= 0.6 is 0 Å². The Morgan fingerprint density at radius 2 is 1.89 bits per heavy atom. The fourth-order valence-corrected chi connectivity index (χ4v) is 4.05. The third-order valence-electron chi connectivity index (χ3n) is 3.81. The van der Waals surface area contributed by atoms with Crippen LogP contribution in [-0.2, 0) is 10.0 Å². The number of nitrogens with zero attached hydrogens (tertiary/aromatic N) is 2. The summed E-state index contributed by atoms with van der Waals surface area (Å²) in [4.78, 5) is 3.98. The predicted molar refractivity (Wildman–Crippen MR) is 75.1 cm³/mol. The largest absolute Gasteiger partial charge is 0.398 e. The second-order valence-electron chi connectivity index (χ2n) is 5.08. The molecule has 1 aliphatic rings. The first-order chi connectivity index (χ1) is 9.03. The van der Waals surface area contributed by atoms with Crippen molar-refractivity contribution in [3.63, 3.8) is 0 Å². The van der Waals surface area contributed by atoms with Crippen LogP contribution in [-0.4, -0.2) is 30.8 Å². The third kappa shape index (κ3) is 3.06. The number of nitrogens with two attached hydrogens (primary N) is 1. The zero-order valence-corrected chi connectivity index (χ0v) is 12.1. The van der Waals surface area contributed by atoms with E-state index in [1.54, 1.807) is 7.05 Å². The van der Waals surface area contributed by atoms with Crippen molar-refractivity contribution in [2.45, 2.75) is 49.5 Å². The van der Waals surface area contributed by atoms with Crippen LogP contribution in [0.4, 0.5) is 5.69 Å². The van der Waals surface area contributed by atoms with Gasteiger partial charge in [0.05, 0.1) is 5.69 Å². The SMILES string of the molecule is CN(C1CCCCCC1)S(=O)(=O)c1cnccc1N. The highest BCUT2D eigenvalue weighted by molar-refractivity contribution is 7.89. The van der Waals surface area contributed by atoms with E-state index in [-0.39, 0.29) is 16.6 Å². The molecule has 0 aliphatic heterocycles. The molecule has 1 saturated carbocycles. The zero-order valence-electron chi connectivity index (χ0n) is 11.2. The summed E-state index contributed by atoms with van der Waals surface area (Å²) < 4.78 is 26.6. The highest BCUT2D eigenvalue weighted by Gasteiger charge is 2.29. The Balaban J connectivity index is 2.26. The molecule has 6 heteroatoms. The van der Waals surface area contributed by atoms with Gasteiger partial charge in [-0.25, -0.2) is 8.42 Å². The summed E-state index contributed by atoms with van der Waals surface area (Å²) in [6.45, 7) is 0. The molecule has 0 radical (unpaired) electrons. The van der Waals surface area contributed by atoms with Crippen LogP contribution in [0, 0.1) is 0 Å². The molecule has 0 aromatic carbocycles. The van der Waals surface area contributed by atoms with Gasteiger partial charge in [-0.05, 0) is 18.9 Å². The lowest BCUT2D eigenvalue weighted by atomic mass is 10.1. The Kier molecular flexibility index (Phi) is 4.42. The quantitative estimate of drug-likeness (QED) is 0.861. The van der Waals surface area contributed by atoms with Gasteiger partial charge >= 0.3 is 0 Å². The van der Waals surface area contributed by atoms with Crippen LogP contribution in [0.1, 0.15) is 38.5 Å². The van der Waals surface area contributed by atoms with Gasteiger partial charge in [0.2, 0.25) is 10.0 Å². The monoisotopic (exact) mass is 283 g/mol. The first-order valence-corrected chi connectivity index (χ1v) is 8.15. The lowest BCUT2D eigenvalue weighted by Gasteiger charge is -2.26. The van der Waals surface area contributed by atoms with E-state index >= 15 is 0 Å². The molecule has 2 N–H and O–H groups in total. The van der Waals surface area contributed by atoms with E-state index < -0.39 is 10.0 Å². The van der Waals surface area contributed by atoms with Crippen molar-refractivity contribution < 1.29 is 8.42 Å². The normalized spacial score (nSPS) is 18.4. The minimum atomic E-state index is -3.54. The van der Waals surface area contributed by atoms with Crippen molar-refractivity contribution in [1.82, 2.24) is 9.29 Å². The Bertz CT molecular complexity index is 522. The van der Waals surface area contributed by atoms with Crippen molar-refractivity contribution in [1.29, 1.82) is 0 Å². The van der Waals surface area contributed by atoms with E-state index in [1.807, 2.05) is 0 Å². The van der Waals surface area contributed by atoms with E-state index in [0.29, 0.717) is 0 Å². The summed E-state index contributed by atoms with van der Waals surface area (Å²) in [7, 11) is -1.89. The fourth-order valence-electron chi connectivity index (χ4n) is 2.58. The molecule has 1 fully saturated rings. The summed E-state index contributed by atoms with van der Waals surface area (Å²) in [6, 6.07) is 1.60. The van der Waals surface area contributed by atoms with E-state index in [9.17, 15) is 8.42 Å². The Morgan fingerprint density at radius 1 is 1.26 bits per heavy atom. The van der Waals surface area contributed by atoms with Crippen molar-refractivity contribution in [3.8, 4) is 0 Å². The van der Waals surface area contributed by atoms with Gasteiger partial charge in [0.1, 0.15) is 4.90 Å². The number of sulfonamides is 1. The van der Waals surface area contributed by atoms with Gasteiger partial charge in [-0.2, -0.15) is 4.31 Å². The molecule has 1 aliphatic carbocycles. The van der Waals surface area contributed by atoms with Crippen molar-refractivity contribution >= 4 is 15.7 Å². The maximum atomic E-state index is 12.6. The van der Waals surface area contributed by atoms with E-state index in [2.05, 4.69) is 4.98 Å². The van der Waals surface area contributed by atoms with Gasteiger partial charge in [0.15, 0.2) is 0 Å². The summed E-state index contributed by atoms with van der Waals surface area (Å²) in [6.07, 6.45) is 9.25. The lowest BCUT2D eigenvalue weighted by Crippen LogP contribution is -2.37. The zero-order chi connectivity index (χ0) is 13.9. The molecule has 5 nitrogen and oxygen atoms in total. The van der Waals surface area contributed by atoms with Gasteiger partial charge in [-0.3, -0.25) is 4.98 Å². The number of pyridine rings is 1. The average Bonchev–Trinajstić information content (AvgIpc) is 2.67. The van der Waals surface area contributed by atoms with Crippen LogP contribution in [0.2, 0.25) is 0 Å². The fraction of sp³-hybridized carbons (Fsp3) is 0.615. The van der Waals surface area contributed by atoms with Gasteiger partial charge in [-0.15, -0.1) is 0 Å². The van der Waals surface area contributed by atoms with Crippen molar-refractivity contribution in [2.24, 2.45) is 0 Å². The maximum Gasteiger partial charge on any atom is 0.246 e. The van der Waals surface area contributed by atoms with E-state index in [0.717, 1.165) is 25.7 Å². The van der Waals surface area contributed by atoms with E-state index in [1.165, 1.54) is 35.6 Å². The number of nitrogen functional groups attached to an aromatic ring is 1. The molecule has 0 saturated heterocycles. The minimum absolute atomic E-state index is 0.0760. The van der Waals surface area contributed by atoms with Crippen LogP contribution in [0.25, 0.3) is 0 Å². The predicted octanol–water partition coefficient (Wildman–Crippen LogP) is 2.01. The van der Waals surface area contributed by atoms with Gasteiger partial charge in [-0.1, -0.05) is 25.7 Å². The molecule has 0 amide bonds. The molecule has 0 spiro atoms. The highest BCUT2D eigenvalue weighted by Crippen LogP contribution is 2.27. The average molecular weight is 283 g/mol. The molecule has 1 aromatic heterocycles. The minimum Gasteiger partial charge on any atom is -0.398 e. The molecule has 106 valence electrons. The Labute approximate surface area is 114 Å². The van der Waals surface area contributed by atoms with Crippen molar-refractivity contribution in [3.05, 3.63) is 18.5 Å². The summed E-state index contributed by atoms with van der Waals surface area (Å²) >= 11 is 0. The summed E-state index contributed by atoms with van der Waals surface area (Å²) in [5.41, 5.74) is 6.02. The van der Waals surface area contributed by atoms with Crippen LogP contribution in [0.15, 0.2) is 23.4 Å². The Hall–Kier alpha value is -1.14. The van der Waals surface area contributed by atoms with Crippen LogP contribution in [0.3, 0.4) is 0 Å². The molecule has 0 atom stereocenters. The molecule has 0 bridgehead atoms. The van der Waals surface area contributed by atoms with Gasteiger partial charge in [0, 0.05) is 25.5 Å². The number of hydrogen-bond acceptors (Lipinski definition) is 4. The molecule has 1 heterocycles. The lowest BCUT2D eigenvalue weighted by molar-refractivity contribution is 0.336. The number of hydrogen-bond donors (Lipinski definition) is 1. The molecule has 0 unspecified atom stereocenters. The van der Waals surface area contributed by atoms with Crippen LogP contribution < -0.4 is 5.73 Å². The molecular formula is C13H21N3O2S. The number of anilines is 1. The second-order valence-corrected chi connectivity index (χ2v) is 7.05. The highest BCUT2D eigenvalue weighted by atomic mass is 32.2. The Morgan fingerprint density at radius 3 is 2.47 bits per heavy atom. The number of aromatic nitrogens is 1. The van der Waals surface area contributed by atoms with Gasteiger partial charge in [0.25, 0.3) is 0 Å². The molecule has 2 rings (SSSR count). The first kappa shape index (κ1) is 14.3. The first-order valence-electron chi connectivity index (χ1n) is 6.71. The van der Waals surface area contributed by atoms with Crippen molar-refractivity contribution in [2.75, 3.05) is 12.8 Å². The molecule has 19 heavy (non-hydrogen) atoms. The molecular weight excluding hydrogens is 262 g/mol. The third-order valence-corrected chi connectivity index (χ3v) is 5.77. The maximum absolute atomic E-state index is 12.6. The number of rotatable bonds is 3.